The van der Waals surface area contributed by atoms with E-state index in [1.54, 1.807) is 0 Å². The van der Waals surface area contributed by atoms with Crippen molar-refractivity contribution in [2.24, 2.45) is 16.0 Å². The van der Waals surface area contributed by atoms with Gasteiger partial charge in [-0.05, 0) is 32.4 Å². The fourth-order valence-electron chi connectivity index (χ4n) is 2.22. The van der Waals surface area contributed by atoms with Crippen LogP contribution in [0.25, 0.3) is 0 Å². The van der Waals surface area contributed by atoms with Crippen molar-refractivity contribution in [3.8, 4) is 0 Å². The first-order chi connectivity index (χ1) is 9.65. The standard InChI is InChI=1S/C15H19N3O2/c1-11(16-9-6-10-19)14-12(2)17-18(15(14)20)13-7-4-3-5-8-13/h3-5,7-8,14,19H,6,9-10H2,1-2H3/t14-/m0/s1. The summed E-state index contributed by atoms with van der Waals surface area (Å²) in [5.74, 6) is -0.451. The number of carbonyl (C=O) groups excluding carboxylic acids is 1. The highest BCUT2D eigenvalue weighted by atomic mass is 16.3. The molecule has 0 bridgehead atoms. The third-order valence-electron chi connectivity index (χ3n) is 3.23. The second-order valence-corrected chi connectivity index (χ2v) is 4.76. The Morgan fingerprint density at radius 1 is 1.40 bits per heavy atom. The summed E-state index contributed by atoms with van der Waals surface area (Å²) in [6.45, 7) is 4.33. The van der Waals surface area contributed by atoms with Crippen LogP contribution in [0.2, 0.25) is 0 Å². The zero-order valence-electron chi connectivity index (χ0n) is 11.8. The molecule has 1 aliphatic rings. The van der Waals surface area contributed by atoms with Crippen LogP contribution in [0.5, 0.6) is 0 Å². The van der Waals surface area contributed by atoms with Crippen molar-refractivity contribution in [1.82, 2.24) is 0 Å². The van der Waals surface area contributed by atoms with Gasteiger partial charge in [0.05, 0.1) is 11.4 Å². The molecule has 1 N–H and O–H groups in total. The molecule has 1 aromatic carbocycles. The van der Waals surface area contributed by atoms with Gasteiger partial charge >= 0.3 is 0 Å². The van der Waals surface area contributed by atoms with E-state index in [-0.39, 0.29) is 18.4 Å². The Balaban J connectivity index is 2.17. The van der Waals surface area contributed by atoms with Gasteiger partial charge in [0.25, 0.3) is 5.91 Å². The number of rotatable bonds is 5. The number of aliphatic imine (C=N–C) groups is 1. The van der Waals surface area contributed by atoms with Crippen molar-refractivity contribution >= 4 is 23.0 Å². The number of hydrazone groups is 1. The molecule has 0 unspecified atom stereocenters. The second kappa shape index (κ2) is 6.43. The largest absolute Gasteiger partial charge is 0.396 e. The predicted molar refractivity (Wildman–Crippen MR) is 80.2 cm³/mol. The number of anilines is 1. The third kappa shape index (κ3) is 2.93. The highest BCUT2D eigenvalue weighted by Crippen LogP contribution is 2.24. The summed E-state index contributed by atoms with van der Waals surface area (Å²) < 4.78 is 0. The lowest BCUT2D eigenvalue weighted by Gasteiger charge is -2.14. The SMILES string of the molecule is CC(=NCCCO)[C@@H]1C(=O)N(c2ccccc2)N=C1C. The molecule has 2 rings (SSSR count). The predicted octanol–water partition coefficient (Wildman–Crippen LogP) is 1.87. The van der Waals surface area contributed by atoms with Crippen molar-refractivity contribution in [2.75, 3.05) is 18.2 Å². The molecule has 0 aliphatic carbocycles. The smallest absolute Gasteiger partial charge is 0.261 e. The maximum absolute atomic E-state index is 12.5. The molecule has 106 valence electrons. The number of aliphatic hydroxyl groups is 1. The average Bonchev–Trinajstić information content (AvgIpc) is 2.75. The highest BCUT2D eigenvalue weighted by molar-refractivity contribution is 6.27. The Labute approximate surface area is 118 Å². The van der Waals surface area contributed by atoms with Gasteiger partial charge in [0.15, 0.2) is 0 Å². The van der Waals surface area contributed by atoms with E-state index in [4.69, 9.17) is 5.11 Å². The van der Waals surface area contributed by atoms with Crippen molar-refractivity contribution in [3.63, 3.8) is 0 Å². The van der Waals surface area contributed by atoms with Crippen LogP contribution in [-0.4, -0.2) is 35.6 Å². The van der Waals surface area contributed by atoms with Crippen molar-refractivity contribution < 1.29 is 9.90 Å². The van der Waals surface area contributed by atoms with Crippen LogP contribution in [-0.2, 0) is 4.79 Å². The van der Waals surface area contributed by atoms with Gasteiger partial charge in [-0.1, -0.05) is 18.2 Å². The van der Waals surface area contributed by atoms with Crippen LogP contribution in [0.1, 0.15) is 20.3 Å². The molecule has 5 nitrogen and oxygen atoms in total. The van der Waals surface area contributed by atoms with E-state index >= 15 is 0 Å². The van der Waals surface area contributed by atoms with E-state index in [0.29, 0.717) is 13.0 Å². The van der Waals surface area contributed by atoms with Crippen LogP contribution < -0.4 is 5.01 Å². The van der Waals surface area contributed by atoms with E-state index in [2.05, 4.69) is 10.1 Å². The van der Waals surface area contributed by atoms with Gasteiger partial charge in [-0.25, -0.2) is 0 Å². The molecule has 0 aromatic heterocycles. The Hall–Kier alpha value is -2.01. The first kappa shape index (κ1) is 14.4. The molecular weight excluding hydrogens is 254 g/mol. The van der Waals surface area contributed by atoms with Gasteiger partial charge in [-0.2, -0.15) is 10.1 Å². The maximum Gasteiger partial charge on any atom is 0.261 e. The number of amides is 1. The fraction of sp³-hybridized carbons (Fsp3) is 0.400. The Bertz CT molecular complexity index is 537. The molecule has 1 amide bonds. The minimum Gasteiger partial charge on any atom is -0.396 e. The van der Waals surface area contributed by atoms with Crippen LogP contribution in [0.3, 0.4) is 0 Å². The summed E-state index contributed by atoms with van der Waals surface area (Å²) in [7, 11) is 0. The zero-order chi connectivity index (χ0) is 14.5. The Morgan fingerprint density at radius 2 is 2.10 bits per heavy atom. The first-order valence-electron chi connectivity index (χ1n) is 6.71. The van der Waals surface area contributed by atoms with Gasteiger partial charge in [0.2, 0.25) is 0 Å². The van der Waals surface area contributed by atoms with Gasteiger partial charge < -0.3 is 5.11 Å². The zero-order valence-corrected chi connectivity index (χ0v) is 11.8. The third-order valence-corrected chi connectivity index (χ3v) is 3.23. The molecule has 0 saturated carbocycles. The summed E-state index contributed by atoms with van der Waals surface area (Å²) in [6, 6.07) is 9.37. The molecule has 5 heteroatoms. The minimum absolute atomic E-state index is 0.0704. The lowest BCUT2D eigenvalue weighted by molar-refractivity contribution is -0.118. The summed E-state index contributed by atoms with van der Waals surface area (Å²) in [5, 5.41) is 14.5. The molecule has 0 saturated heterocycles. The lowest BCUT2D eigenvalue weighted by Crippen LogP contribution is -2.31. The molecule has 0 radical (unpaired) electrons. The average molecular weight is 273 g/mol. The molecule has 1 atom stereocenters. The molecule has 1 aromatic rings. The Morgan fingerprint density at radius 3 is 2.75 bits per heavy atom. The molecule has 0 fully saturated rings. The Kier molecular flexibility index (Phi) is 4.63. The van der Waals surface area contributed by atoms with Crippen LogP contribution in [0.4, 0.5) is 5.69 Å². The second-order valence-electron chi connectivity index (χ2n) is 4.76. The van der Waals surface area contributed by atoms with Gasteiger partial charge in [-0.3, -0.25) is 9.79 Å². The maximum atomic E-state index is 12.5. The van der Waals surface area contributed by atoms with Crippen molar-refractivity contribution in [2.45, 2.75) is 20.3 Å². The van der Waals surface area contributed by atoms with Gasteiger partial charge in [-0.15, -0.1) is 0 Å². The molecule has 0 spiro atoms. The quantitative estimate of drug-likeness (QED) is 0.657. The van der Waals surface area contributed by atoms with E-state index in [1.807, 2.05) is 44.2 Å². The summed E-state index contributed by atoms with van der Waals surface area (Å²) in [6.07, 6.45) is 0.608. The fourth-order valence-corrected chi connectivity index (χ4v) is 2.22. The summed E-state index contributed by atoms with van der Waals surface area (Å²) in [4.78, 5) is 16.8. The molecule has 1 heterocycles. The number of benzene rings is 1. The van der Waals surface area contributed by atoms with Gasteiger partial charge in [0, 0.05) is 18.9 Å². The highest BCUT2D eigenvalue weighted by Gasteiger charge is 2.36. The monoisotopic (exact) mass is 273 g/mol. The topological polar surface area (TPSA) is 65.3 Å². The van der Waals surface area contributed by atoms with Gasteiger partial charge in [0.1, 0.15) is 5.92 Å². The molecule has 1 aliphatic heterocycles. The van der Waals surface area contributed by atoms with Crippen LogP contribution >= 0.6 is 0 Å². The van der Waals surface area contributed by atoms with Crippen LogP contribution in [0, 0.1) is 5.92 Å². The summed E-state index contributed by atoms with van der Waals surface area (Å²) >= 11 is 0. The van der Waals surface area contributed by atoms with E-state index in [0.717, 1.165) is 17.1 Å². The minimum atomic E-state index is -0.381. The number of aliphatic hydroxyl groups excluding tert-OH is 1. The number of hydrogen-bond acceptors (Lipinski definition) is 4. The first-order valence-corrected chi connectivity index (χ1v) is 6.71. The number of hydrogen-bond donors (Lipinski definition) is 1. The molecular formula is C15H19N3O2. The lowest BCUT2D eigenvalue weighted by atomic mass is 9.99. The van der Waals surface area contributed by atoms with Crippen molar-refractivity contribution in [3.05, 3.63) is 30.3 Å². The van der Waals surface area contributed by atoms with E-state index in [9.17, 15) is 4.79 Å². The number of para-hydroxylation sites is 1. The molecule has 20 heavy (non-hydrogen) atoms. The summed E-state index contributed by atoms with van der Waals surface area (Å²) in [5.41, 5.74) is 2.27. The van der Waals surface area contributed by atoms with E-state index in [1.165, 1.54) is 5.01 Å². The van der Waals surface area contributed by atoms with E-state index < -0.39 is 0 Å². The van der Waals surface area contributed by atoms with Crippen molar-refractivity contribution in [1.29, 1.82) is 0 Å². The number of carbonyl (C=O) groups is 1. The van der Waals surface area contributed by atoms with Crippen LogP contribution in [0.15, 0.2) is 40.4 Å². The normalized spacial score (nSPS) is 19.4. The number of nitrogens with zero attached hydrogens (tertiary/aromatic N) is 3.